The third-order valence-electron chi connectivity index (χ3n) is 4.15. The van der Waals surface area contributed by atoms with Gasteiger partial charge in [-0.25, -0.2) is 0 Å². The van der Waals surface area contributed by atoms with Gasteiger partial charge in [0, 0.05) is 31.3 Å². The van der Waals surface area contributed by atoms with Crippen LogP contribution in [0.25, 0.3) is 0 Å². The molecule has 0 aliphatic carbocycles. The van der Waals surface area contributed by atoms with Crippen molar-refractivity contribution in [3.63, 3.8) is 0 Å². The van der Waals surface area contributed by atoms with E-state index in [0.29, 0.717) is 24.3 Å². The number of amides is 2. The van der Waals surface area contributed by atoms with Crippen LogP contribution in [-0.4, -0.2) is 37.8 Å². The number of carbonyl (C=O) groups excluding carboxylic acids is 3. The maximum atomic E-state index is 12.1. The minimum absolute atomic E-state index is 0.0262. The molecule has 0 aromatic heterocycles. The summed E-state index contributed by atoms with van der Waals surface area (Å²) in [5, 5.41) is 2.83. The first-order valence-electron chi connectivity index (χ1n) is 8.69. The molecule has 6 nitrogen and oxygen atoms in total. The first kappa shape index (κ1) is 20.2. The van der Waals surface area contributed by atoms with Gasteiger partial charge in [-0.2, -0.15) is 0 Å². The first-order valence-corrected chi connectivity index (χ1v) is 8.69. The maximum absolute atomic E-state index is 12.1. The van der Waals surface area contributed by atoms with Crippen LogP contribution in [0.4, 0.5) is 5.69 Å². The lowest BCUT2D eigenvalue weighted by Crippen LogP contribution is -2.38. The van der Waals surface area contributed by atoms with Crippen LogP contribution in [0.5, 0.6) is 5.75 Å². The molecule has 1 N–H and O–H groups in total. The number of benzene rings is 2. The predicted octanol–water partition coefficient (Wildman–Crippen LogP) is 2.61. The molecule has 0 fully saturated rings. The Bertz CT molecular complexity index is 798. The van der Waals surface area contributed by atoms with Crippen LogP contribution in [0.2, 0.25) is 0 Å². The van der Waals surface area contributed by atoms with Gasteiger partial charge in [0.15, 0.2) is 5.78 Å². The van der Waals surface area contributed by atoms with Crippen LogP contribution < -0.4 is 15.0 Å². The SMILES string of the molecule is COc1ccc(CC(=O)NCCN(C(C)=O)c2ccc(C(C)=O)cc2)cc1. The van der Waals surface area contributed by atoms with Crippen LogP contribution >= 0.6 is 0 Å². The van der Waals surface area contributed by atoms with E-state index in [-0.39, 0.29) is 24.0 Å². The Balaban J connectivity index is 1.88. The number of hydrogen-bond donors (Lipinski definition) is 1. The van der Waals surface area contributed by atoms with Crippen LogP contribution in [0, 0.1) is 0 Å². The Morgan fingerprint density at radius 3 is 2.11 bits per heavy atom. The number of ketones is 1. The fourth-order valence-corrected chi connectivity index (χ4v) is 2.64. The molecule has 6 heteroatoms. The van der Waals surface area contributed by atoms with Crippen LogP contribution in [0.1, 0.15) is 29.8 Å². The van der Waals surface area contributed by atoms with Crippen LogP contribution in [0.3, 0.4) is 0 Å². The lowest BCUT2D eigenvalue weighted by atomic mass is 10.1. The molecule has 0 unspecified atom stereocenters. The van der Waals surface area contributed by atoms with Gasteiger partial charge in [0.25, 0.3) is 0 Å². The topological polar surface area (TPSA) is 75.7 Å². The molecule has 0 aliphatic heterocycles. The molecular weight excluding hydrogens is 344 g/mol. The van der Waals surface area contributed by atoms with Crippen LogP contribution in [0.15, 0.2) is 48.5 Å². The van der Waals surface area contributed by atoms with E-state index in [1.807, 2.05) is 24.3 Å². The molecular formula is C21H24N2O4. The van der Waals surface area contributed by atoms with E-state index in [0.717, 1.165) is 11.3 Å². The molecule has 0 heterocycles. The smallest absolute Gasteiger partial charge is 0.224 e. The molecule has 2 rings (SSSR count). The molecule has 0 spiro atoms. The minimum Gasteiger partial charge on any atom is -0.497 e. The van der Waals surface area contributed by atoms with E-state index in [4.69, 9.17) is 4.74 Å². The van der Waals surface area contributed by atoms with Crippen molar-refractivity contribution in [1.82, 2.24) is 5.32 Å². The monoisotopic (exact) mass is 368 g/mol. The number of nitrogens with zero attached hydrogens (tertiary/aromatic N) is 1. The highest BCUT2D eigenvalue weighted by molar-refractivity contribution is 5.96. The summed E-state index contributed by atoms with van der Waals surface area (Å²) in [5.74, 6) is 0.472. The lowest BCUT2D eigenvalue weighted by Gasteiger charge is -2.21. The van der Waals surface area contributed by atoms with E-state index in [9.17, 15) is 14.4 Å². The van der Waals surface area contributed by atoms with Gasteiger partial charge < -0.3 is 15.0 Å². The summed E-state index contributed by atoms with van der Waals surface area (Å²) < 4.78 is 5.09. The summed E-state index contributed by atoms with van der Waals surface area (Å²) in [6.45, 7) is 3.65. The molecule has 0 aliphatic rings. The fraction of sp³-hybridized carbons (Fsp3) is 0.286. The van der Waals surface area contributed by atoms with E-state index in [2.05, 4.69) is 5.32 Å². The van der Waals surface area contributed by atoms with Crippen molar-refractivity contribution in [2.24, 2.45) is 0 Å². The largest absolute Gasteiger partial charge is 0.497 e. The summed E-state index contributed by atoms with van der Waals surface area (Å²) in [6, 6.07) is 14.2. The summed E-state index contributed by atoms with van der Waals surface area (Å²) in [7, 11) is 1.59. The predicted molar refractivity (Wildman–Crippen MR) is 104 cm³/mol. The molecule has 0 radical (unpaired) electrons. The molecule has 0 bridgehead atoms. The van der Waals surface area contributed by atoms with Crippen molar-refractivity contribution >= 4 is 23.3 Å². The van der Waals surface area contributed by atoms with Gasteiger partial charge >= 0.3 is 0 Å². The van der Waals surface area contributed by atoms with Crippen molar-refractivity contribution < 1.29 is 19.1 Å². The second-order valence-corrected chi connectivity index (χ2v) is 6.15. The number of Topliss-reactive ketones (excluding diaryl/α,β-unsaturated/α-hetero) is 1. The van der Waals surface area contributed by atoms with Gasteiger partial charge in [-0.1, -0.05) is 12.1 Å². The van der Waals surface area contributed by atoms with E-state index >= 15 is 0 Å². The van der Waals surface area contributed by atoms with E-state index in [1.165, 1.54) is 13.8 Å². The summed E-state index contributed by atoms with van der Waals surface area (Å²) in [6.07, 6.45) is 0.261. The lowest BCUT2D eigenvalue weighted by molar-refractivity contribution is -0.121. The minimum atomic E-state index is -0.130. The van der Waals surface area contributed by atoms with E-state index < -0.39 is 0 Å². The molecule has 2 amide bonds. The van der Waals surface area contributed by atoms with Gasteiger partial charge in [0.05, 0.1) is 13.5 Å². The molecule has 0 saturated carbocycles. The van der Waals surface area contributed by atoms with Gasteiger partial charge in [0.1, 0.15) is 5.75 Å². The Hall–Kier alpha value is -3.15. The fourth-order valence-electron chi connectivity index (χ4n) is 2.64. The Morgan fingerprint density at radius 1 is 0.963 bits per heavy atom. The van der Waals surface area contributed by atoms with Crippen molar-refractivity contribution in [1.29, 1.82) is 0 Å². The first-order chi connectivity index (χ1) is 12.9. The van der Waals surface area contributed by atoms with Crippen molar-refractivity contribution in [3.8, 4) is 5.75 Å². The van der Waals surface area contributed by atoms with Crippen LogP contribution in [-0.2, 0) is 16.0 Å². The average molecular weight is 368 g/mol. The number of nitrogens with one attached hydrogen (secondary N) is 1. The van der Waals surface area contributed by atoms with E-state index in [1.54, 1.807) is 36.3 Å². The van der Waals surface area contributed by atoms with Gasteiger partial charge in [-0.15, -0.1) is 0 Å². The molecule has 0 saturated heterocycles. The Morgan fingerprint density at radius 2 is 1.59 bits per heavy atom. The number of methoxy groups -OCH3 is 1. The van der Waals surface area contributed by atoms with Gasteiger partial charge in [-0.05, 0) is 48.9 Å². The average Bonchev–Trinajstić information content (AvgIpc) is 2.65. The number of hydrogen-bond acceptors (Lipinski definition) is 4. The molecule has 2 aromatic rings. The second-order valence-electron chi connectivity index (χ2n) is 6.15. The zero-order valence-electron chi connectivity index (χ0n) is 15.8. The third kappa shape index (κ3) is 5.95. The zero-order chi connectivity index (χ0) is 19.8. The maximum Gasteiger partial charge on any atom is 0.224 e. The zero-order valence-corrected chi connectivity index (χ0v) is 15.8. The van der Waals surface area contributed by atoms with Gasteiger partial charge in [-0.3, -0.25) is 14.4 Å². The quantitative estimate of drug-likeness (QED) is 0.727. The molecule has 0 atom stereocenters. The van der Waals surface area contributed by atoms with Crippen molar-refractivity contribution in [3.05, 3.63) is 59.7 Å². The van der Waals surface area contributed by atoms with Crippen molar-refractivity contribution in [2.45, 2.75) is 20.3 Å². The highest BCUT2D eigenvalue weighted by Gasteiger charge is 2.12. The van der Waals surface area contributed by atoms with Gasteiger partial charge in [0.2, 0.25) is 11.8 Å². The normalized spacial score (nSPS) is 10.2. The summed E-state index contributed by atoms with van der Waals surface area (Å²) in [5.41, 5.74) is 2.17. The number of rotatable bonds is 8. The standard InChI is InChI=1S/C21H24N2O4/c1-15(24)18-6-8-19(9-7-18)23(16(2)25)13-12-22-21(26)14-17-4-10-20(27-3)11-5-17/h4-11H,12-14H2,1-3H3,(H,22,26). The Labute approximate surface area is 159 Å². The highest BCUT2D eigenvalue weighted by atomic mass is 16.5. The Kier molecular flexibility index (Phi) is 7.11. The highest BCUT2D eigenvalue weighted by Crippen LogP contribution is 2.16. The molecule has 2 aromatic carbocycles. The number of ether oxygens (including phenoxy) is 1. The molecule has 27 heavy (non-hydrogen) atoms. The molecule has 142 valence electrons. The number of carbonyl (C=O) groups is 3. The summed E-state index contributed by atoms with van der Waals surface area (Å²) in [4.78, 5) is 36.9. The third-order valence-corrected chi connectivity index (χ3v) is 4.15. The summed E-state index contributed by atoms with van der Waals surface area (Å²) >= 11 is 0. The second kappa shape index (κ2) is 9.52. The van der Waals surface area contributed by atoms with Crippen molar-refractivity contribution in [2.75, 3.05) is 25.1 Å². The number of anilines is 1.